The minimum Gasteiger partial charge on any atom is -0.308 e. The lowest BCUT2D eigenvalue weighted by Crippen LogP contribution is -2.26. The Morgan fingerprint density at radius 2 is 2.11 bits per heavy atom. The molecule has 2 aromatic rings. The quantitative estimate of drug-likeness (QED) is 0.914. The summed E-state index contributed by atoms with van der Waals surface area (Å²) in [5.74, 6) is 0.859. The standard InChI is InChI=1S/C15H20N4/c1-12-7-8-13(9-12)16-10-14-11-17-19(18-14)15-5-3-2-4-6-15/h2-6,11-13,16H,7-10H2,1H3. The molecule has 0 spiro atoms. The predicted octanol–water partition coefficient (Wildman–Crippen LogP) is 2.55. The maximum absolute atomic E-state index is 4.50. The van der Waals surface area contributed by atoms with Crippen molar-refractivity contribution in [3.63, 3.8) is 0 Å². The second-order valence-corrected chi connectivity index (χ2v) is 5.46. The van der Waals surface area contributed by atoms with Crippen molar-refractivity contribution in [3.8, 4) is 5.69 Å². The van der Waals surface area contributed by atoms with E-state index in [1.165, 1.54) is 19.3 Å². The predicted molar refractivity (Wildman–Crippen MR) is 75.0 cm³/mol. The maximum atomic E-state index is 4.50. The van der Waals surface area contributed by atoms with Crippen LogP contribution in [0, 0.1) is 5.92 Å². The van der Waals surface area contributed by atoms with Crippen molar-refractivity contribution in [2.45, 2.75) is 38.8 Å². The summed E-state index contributed by atoms with van der Waals surface area (Å²) in [5.41, 5.74) is 2.01. The molecule has 0 aliphatic heterocycles. The first-order chi connectivity index (χ1) is 9.31. The fourth-order valence-corrected chi connectivity index (χ4v) is 2.70. The molecule has 1 N–H and O–H groups in total. The second-order valence-electron chi connectivity index (χ2n) is 5.46. The molecule has 1 saturated carbocycles. The Morgan fingerprint density at radius 3 is 2.84 bits per heavy atom. The number of rotatable bonds is 4. The number of aromatic nitrogens is 3. The summed E-state index contributed by atoms with van der Waals surface area (Å²) in [4.78, 5) is 1.69. The van der Waals surface area contributed by atoms with Gasteiger partial charge in [0.2, 0.25) is 0 Å². The molecule has 1 fully saturated rings. The van der Waals surface area contributed by atoms with Gasteiger partial charge < -0.3 is 5.32 Å². The average Bonchev–Trinajstić information content (AvgIpc) is 3.06. The third-order valence-electron chi connectivity index (χ3n) is 3.79. The summed E-state index contributed by atoms with van der Waals surface area (Å²) in [6, 6.07) is 10.7. The highest BCUT2D eigenvalue weighted by Gasteiger charge is 2.20. The summed E-state index contributed by atoms with van der Waals surface area (Å²) < 4.78 is 0. The van der Waals surface area contributed by atoms with Crippen molar-refractivity contribution in [1.82, 2.24) is 20.3 Å². The normalized spacial score (nSPS) is 22.8. The molecule has 1 aliphatic rings. The van der Waals surface area contributed by atoms with Gasteiger partial charge in [0, 0.05) is 12.6 Å². The second kappa shape index (κ2) is 5.53. The zero-order valence-electron chi connectivity index (χ0n) is 11.3. The van der Waals surface area contributed by atoms with E-state index in [1.54, 1.807) is 4.80 Å². The molecule has 1 aromatic carbocycles. The van der Waals surface area contributed by atoms with Gasteiger partial charge in [-0.05, 0) is 37.3 Å². The van der Waals surface area contributed by atoms with Crippen molar-refractivity contribution in [2.75, 3.05) is 0 Å². The SMILES string of the molecule is CC1CCC(NCc2cnn(-c3ccccc3)n2)C1. The Morgan fingerprint density at radius 1 is 1.26 bits per heavy atom. The van der Waals surface area contributed by atoms with E-state index in [9.17, 15) is 0 Å². The Balaban J connectivity index is 1.59. The lowest BCUT2D eigenvalue weighted by molar-refractivity contribution is 0.497. The van der Waals surface area contributed by atoms with Gasteiger partial charge in [-0.3, -0.25) is 0 Å². The van der Waals surface area contributed by atoms with Gasteiger partial charge in [-0.15, -0.1) is 0 Å². The van der Waals surface area contributed by atoms with Crippen molar-refractivity contribution < 1.29 is 0 Å². The summed E-state index contributed by atoms with van der Waals surface area (Å²) in [5, 5.41) is 12.4. The van der Waals surface area contributed by atoms with E-state index in [0.29, 0.717) is 6.04 Å². The number of hydrogen-bond acceptors (Lipinski definition) is 3. The Labute approximate surface area is 113 Å². The van der Waals surface area contributed by atoms with Crippen LogP contribution in [0.3, 0.4) is 0 Å². The van der Waals surface area contributed by atoms with Crippen molar-refractivity contribution >= 4 is 0 Å². The zero-order chi connectivity index (χ0) is 13.1. The molecule has 100 valence electrons. The van der Waals surface area contributed by atoms with Crippen LogP contribution in [-0.4, -0.2) is 21.0 Å². The van der Waals surface area contributed by atoms with Crippen molar-refractivity contribution in [2.24, 2.45) is 5.92 Å². The van der Waals surface area contributed by atoms with E-state index in [2.05, 4.69) is 22.4 Å². The first-order valence-electron chi connectivity index (χ1n) is 7.01. The largest absolute Gasteiger partial charge is 0.308 e. The number of nitrogens with zero attached hydrogens (tertiary/aromatic N) is 3. The number of nitrogens with one attached hydrogen (secondary N) is 1. The molecule has 2 unspecified atom stereocenters. The highest BCUT2D eigenvalue weighted by atomic mass is 15.5. The molecule has 3 rings (SSSR count). The number of para-hydroxylation sites is 1. The van der Waals surface area contributed by atoms with E-state index in [-0.39, 0.29) is 0 Å². The van der Waals surface area contributed by atoms with Crippen molar-refractivity contribution in [3.05, 3.63) is 42.2 Å². The molecule has 19 heavy (non-hydrogen) atoms. The first kappa shape index (κ1) is 12.4. The molecule has 0 bridgehead atoms. The van der Waals surface area contributed by atoms with Gasteiger partial charge in [-0.1, -0.05) is 25.1 Å². The topological polar surface area (TPSA) is 42.7 Å². The molecular formula is C15H20N4. The van der Waals surface area contributed by atoms with Crippen LogP contribution in [0.15, 0.2) is 36.5 Å². The number of hydrogen-bond donors (Lipinski definition) is 1. The van der Waals surface area contributed by atoms with Crippen LogP contribution in [-0.2, 0) is 6.54 Å². The summed E-state index contributed by atoms with van der Waals surface area (Å²) in [7, 11) is 0. The lowest BCUT2D eigenvalue weighted by atomic mass is 10.1. The van der Waals surface area contributed by atoms with Crippen LogP contribution in [0.2, 0.25) is 0 Å². The molecule has 4 heteroatoms. The molecule has 1 aliphatic carbocycles. The van der Waals surface area contributed by atoms with Crippen LogP contribution in [0.5, 0.6) is 0 Å². The highest BCUT2D eigenvalue weighted by molar-refractivity contribution is 5.28. The van der Waals surface area contributed by atoms with Gasteiger partial charge in [0.05, 0.1) is 17.6 Å². The van der Waals surface area contributed by atoms with Gasteiger partial charge in [-0.2, -0.15) is 15.0 Å². The van der Waals surface area contributed by atoms with E-state index < -0.39 is 0 Å². The molecule has 0 radical (unpaired) electrons. The summed E-state index contributed by atoms with van der Waals surface area (Å²) in [6.45, 7) is 3.14. The molecular weight excluding hydrogens is 236 g/mol. The van der Waals surface area contributed by atoms with Crippen LogP contribution in [0.4, 0.5) is 0 Å². The Bertz CT molecular complexity index is 520. The monoisotopic (exact) mass is 256 g/mol. The zero-order valence-corrected chi connectivity index (χ0v) is 11.3. The van der Waals surface area contributed by atoms with Gasteiger partial charge >= 0.3 is 0 Å². The smallest absolute Gasteiger partial charge is 0.0969 e. The van der Waals surface area contributed by atoms with E-state index in [1.807, 2.05) is 36.5 Å². The summed E-state index contributed by atoms with van der Waals surface area (Å²) >= 11 is 0. The van der Waals surface area contributed by atoms with E-state index in [0.717, 1.165) is 23.8 Å². The minimum atomic E-state index is 0.650. The molecule has 0 saturated heterocycles. The lowest BCUT2D eigenvalue weighted by Gasteiger charge is -2.10. The van der Waals surface area contributed by atoms with Crippen molar-refractivity contribution in [1.29, 1.82) is 0 Å². The first-order valence-corrected chi connectivity index (χ1v) is 7.01. The van der Waals surface area contributed by atoms with Gasteiger partial charge in [0.15, 0.2) is 0 Å². The third kappa shape index (κ3) is 3.01. The van der Waals surface area contributed by atoms with E-state index >= 15 is 0 Å². The molecule has 0 amide bonds. The molecule has 4 nitrogen and oxygen atoms in total. The van der Waals surface area contributed by atoms with Gasteiger partial charge in [0.1, 0.15) is 0 Å². The van der Waals surface area contributed by atoms with Gasteiger partial charge in [0.25, 0.3) is 0 Å². The molecule has 1 aromatic heterocycles. The van der Waals surface area contributed by atoms with Crippen LogP contribution >= 0.6 is 0 Å². The van der Waals surface area contributed by atoms with Crippen LogP contribution < -0.4 is 5.32 Å². The molecule has 1 heterocycles. The molecule has 2 atom stereocenters. The maximum Gasteiger partial charge on any atom is 0.0969 e. The Hall–Kier alpha value is -1.68. The summed E-state index contributed by atoms with van der Waals surface area (Å²) in [6.07, 6.45) is 5.76. The van der Waals surface area contributed by atoms with E-state index in [4.69, 9.17) is 0 Å². The van der Waals surface area contributed by atoms with Gasteiger partial charge in [-0.25, -0.2) is 0 Å². The Kier molecular flexibility index (Phi) is 3.60. The number of benzene rings is 1. The highest BCUT2D eigenvalue weighted by Crippen LogP contribution is 2.24. The fraction of sp³-hybridized carbons (Fsp3) is 0.467. The minimum absolute atomic E-state index is 0.650. The van der Waals surface area contributed by atoms with Crippen LogP contribution in [0.25, 0.3) is 5.69 Å². The average molecular weight is 256 g/mol. The third-order valence-corrected chi connectivity index (χ3v) is 3.79. The fourth-order valence-electron chi connectivity index (χ4n) is 2.70. The van der Waals surface area contributed by atoms with Crippen LogP contribution in [0.1, 0.15) is 31.9 Å².